The zero-order valence-electron chi connectivity index (χ0n) is 16.6. The third-order valence-corrected chi connectivity index (χ3v) is 3.18. The van der Waals surface area contributed by atoms with Gasteiger partial charge in [-0.1, -0.05) is 6.58 Å². The van der Waals surface area contributed by atoms with Crippen LogP contribution in [0.15, 0.2) is 12.7 Å². The van der Waals surface area contributed by atoms with Crippen LogP contribution in [0.3, 0.4) is 0 Å². The molecule has 10 heteroatoms. The van der Waals surface area contributed by atoms with E-state index in [9.17, 15) is 24.0 Å². The van der Waals surface area contributed by atoms with E-state index in [1.54, 1.807) is 0 Å². The summed E-state index contributed by atoms with van der Waals surface area (Å²) in [7, 11) is 0. The van der Waals surface area contributed by atoms with Gasteiger partial charge < -0.3 is 23.7 Å². The Morgan fingerprint density at radius 1 is 0.714 bits per heavy atom. The lowest BCUT2D eigenvalue weighted by Gasteiger charge is -2.34. The molecule has 0 spiro atoms. The predicted molar refractivity (Wildman–Crippen MR) is 93.7 cm³/mol. The molecule has 28 heavy (non-hydrogen) atoms. The molecular weight excluding hydrogens is 376 g/mol. The van der Waals surface area contributed by atoms with Crippen molar-refractivity contribution in [2.24, 2.45) is 0 Å². The molecule has 0 fully saturated rings. The fourth-order valence-electron chi connectivity index (χ4n) is 2.32. The number of carbonyl (C=O) groups excluding carboxylic acids is 5. The van der Waals surface area contributed by atoms with E-state index in [1.165, 1.54) is 13.0 Å². The Hall–Kier alpha value is -2.91. The summed E-state index contributed by atoms with van der Waals surface area (Å²) < 4.78 is 25.5. The van der Waals surface area contributed by atoms with Crippen LogP contribution in [-0.2, 0) is 47.7 Å². The highest BCUT2D eigenvalue weighted by molar-refractivity contribution is 5.69. The van der Waals surface area contributed by atoms with Crippen molar-refractivity contribution in [1.29, 1.82) is 0 Å². The predicted octanol–water partition coefficient (Wildman–Crippen LogP) is 0.852. The molecule has 0 aliphatic rings. The van der Waals surface area contributed by atoms with E-state index >= 15 is 0 Å². The van der Waals surface area contributed by atoms with Gasteiger partial charge in [-0.25, -0.2) is 0 Å². The van der Waals surface area contributed by atoms with Crippen molar-refractivity contribution in [2.45, 2.75) is 65.5 Å². The van der Waals surface area contributed by atoms with Crippen molar-refractivity contribution < 1.29 is 47.7 Å². The second-order valence-electron chi connectivity index (χ2n) is 5.73. The maximum Gasteiger partial charge on any atom is 0.303 e. The van der Waals surface area contributed by atoms with Crippen LogP contribution in [0.1, 0.15) is 41.0 Å². The van der Waals surface area contributed by atoms with Crippen molar-refractivity contribution in [3.63, 3.8) is 0 Å². The van der Waals surface area contributed by atoms with E-state index in [1.807, 2.05) is 0 Å². The van der Waals surface area contributed by atoms with Crippen molar-refractivity contribution in [3.05, 3.63) is 12.7 Å². The number of hydrogen-bond acceptors (Lipinski definition) is 10. The second kappa shape index (κ2) is 12.5. The maximum absolute atomic E-state index is 11.6. The molecule has 0 aromatic heterocycles. The lowest BCUT2D eigenvalue weighted by Crippen LogP contribution is -2.51. The summed E-state index contributed by atoms with van der Waals surface area (Å²) in [6, 6.07) is 0. The highest BCUT2D eigenvalue weighted by Crippen LogP contribution is 2.22. The van der Waals surface area contributed by atoms with Crippen molar-refractivity contribution in [2.75, 3.05) is 6.61 Å². The topological polar surface area (TPSA) is 132 Å². The van der Waals surface area contributed by atoms with Gasteiger partial charge in [-0.05, 0) is 6.08 Å². The van der Waals surface area contributed by atoms with Crippen LogP contribution in [0.2, 0.25) is 0 Å². The molecule has 10 nitrogen and oxygen atoms in total. The van der Waals surface area contributed by atoms with Gasteiger partial charge in [0, 0.05) is 41.0 Å². The molecule has 0 aliphatic heterocycles. The van der Waals surface area contributed by atoms with Gasteiger partial charge in [-0.15, -0.1) is 0 Å². The number of rotatable bonds is 11. The first-order valence-corrected chi connectivity index (χ1v) is 8.42. The van der Waals surface area contributed by atoms with Gasteiger partial charge in [0.1, 0.15) is 6.10 Å². The third kappa shape index (κ3) is 10.3. The molecule has 0 saturated heterocycles. The van der Waals surface area contributed by atoms with Gasteiger partial charge in [-0.3, -0.25) is 24.0 Å². The summed E-state index contributed by atoms with van der Waals surface area (Å²) in [6.07, 6.45) is -3.96. The maximum atomic E-state index is 11.6. The average Bonchev–Trinajstić information content (AvgIpc) is 2.53. The van der Waals surface area contributed by atoms with E-state index in [4.69, 9.17) is 23.7 Å². The van der Waals surface area contributed by atoms with Crippen molar-refractivity contribution in [3.8, 4) is 0 Å². The molecule has 0 heterocycles. The summed E-state index contributed by atoms with van der Waals surface area (Å²) in [5.41, 5.74) is 0. The minimum atomic E-state index is -1.36. The molecular formula is C18H26O10. The molecule has 0 bridgehead atoms. The normalized spacial score (nSPS) is 14.5. The number of carbonyl (C=O) groups is 5. The highest BCUT2D eigenvalue weighted by atomic mass is 16.6. The van der Waals surface area contributed by atoms with Crippen LogP contribution in [0.4, 0.5) is 0 Å². The van der Waals surface area contributed by atoms with Crippen LogP contribution in [0, 0.1) is 0 Å². The van der Waals surface area contributed by atoms with Crippen LogP contribution in [-0.4, -0.2) is 60.9 Å². The average molecular weight is 402 g/mol. The largest absolute Gasteiger partial charge is 0.466 e. The van der Waals surface area contributed by atoms with Crippen LogP contribution >= 0.6 is 0 Å². The van der Waals surface area contributed by atoms with Crippen molar-refractivity contribution >= 4 is 29.8 Å². The van der Waals surface area contributed by atoms with E-state index in [0.717, 1.165) is 27.7 Å². The Kier molecular flexibility index (Phi) is 11.2. The Balaban J connectivity index is 5.94. The number of ether oxygens (including phenoxy) is 5. The molecule has 4 atom stereocenters. The molecule has 158 valence electrons. The van der Waals surface area contributed by atoms with Gasteiger partial charge in [0.15, 0.2) is 18.3 Å². The molecule has 0 aromatic rings. The Morgan fingerprint density at radius 2 is 1.18 bits per heavy atom. The zero-order valence-corrected chi connectivity index (χ0v) is 16.6. The first-order valence-electron chi connectivity index (χ1n) is 8.42. The Labute approximate surface area is 163 Å². The monoisotopic (exact) mass is 402 g/mol. The first kappa shape index (κ1) is 25.1. The van der Waals surface area contributed by atoms with Gasteiger partial charge in [-0.2, -0.15) is 0 Å². The van der Waals surface area contributed by atoms with Gasteiger partial charge in [0.2, 0.25) is 0 Å². The molecule has 0 amide bonds. The number of hydrogen-bond donors (Lipinski definition) is 0. The summed E-state index contributed by atoms with van der Waals surface area (Å²) >= 11 is 0. The van der Waals surface area contributed by atoms with E-state index < -0.39 is 54.3 Å². The summed E-state index contributed by atoms with van der Waals surface area (Å²) in [4.78, 5) is 57.1. The van der Waals surface area contributed by atoms with Gasteiger partial charge in [0.05, 0.1) is 6.61 Å². The summed E-state index contributed by atoms with van der Waals surface area (Å²) in [5.74, 6) is -3.51. The van der Waals surface area contributed by atoms with Crippen LogP contribution < -0.4 is 0 Å². The SMILES string of the molecule is C=C[C@@H](OC(C)=O)[C@H](OC(C)=O)[C@H](OC(C)=O)[C@@H](CCOC(C)=O)OC(C)=O. The van der Waals surface area contributed by atoms with Crippen LogP contribution in [0.5, 0.6) is 0 Å². The zero-order chi connectivity index (χ0) is 21.9. The minimum Gasteiger partial charge on any atom is -0.466 e. The summed E-state index contributed by atoms with van der Waals surface area (Å²) in [5, 5.41) is 0. The smallest absolute Gasteiger partial charge is 0.303 e. The van der Waals surface area contributed by atoms with E-state index in [-0.39, 0.29) is 13.0 Å². The standard InChI is InChI=1S/C18H26O10/c1-7-15(25-11(3)20)17(27-13(5)22)18(28-14(6)23)16(26-12(4)21)8-9-24-10(2)19/h7,15-18H,1,8-9H2,2-6H3/t15-,16-,17+,18-/m1/s1. The molecule has 0 aliphatic carbocycles. The molecule has 0 aromatic carbocycles. The quantitative estimate of drug-likeness (QED) is 0.278. The highest BCUT2D eigenvalue weighted by Gasteiger charge is 2.42. The molecule has 0 rings (SSSR count). The summed E-state index contributed by atoms with van der Waals surface area (Å²) in [6.45, 7) is 9.02. The fourth-order valence-corrected chi connectivity index (χ4v) is 2.32. The molecule has 0 radical (unpaired) electrons. The van der Waals surface area contributed by atoms with Gasteiger partial charge in [0.25, 0.3) is 0 Å². The number of esters is 5. The Bertz CT molecular complexity index is 597. The van der Waals surface area contributed by atoms with E-state index in [2.05, 4.69) is 6.58 Å². The van der Waals surface area contributed by atoms with Gasteiger partial charge >= 0.3 is 29.8 Å². The minimum absolute atomic E-state index is 0.0706. The first-order chi connectivity index (χ1) is 13.0. The molecule has 0 saturated carbocycles. The fraction of sp³-hybridized carbons (Fsp3) is 0.611. The molecule has 0 N–H and O–H groups in total. The van der Waals surface area contributed by atoms with Crippen molar-refractivity contribution in [1.82, 2.24) is 0 Å². The lowest BCUT2D eigenvalue weighted by molar-refractivity contribution is -0.195. The van der Waals surface area contributed by atoms with E-state index in [0.29, 0.717) is 0 Å². The third-order valence-electron chi connectivity index (χ3n) is 3.18. The Morgan fingerprint density at radius 3 is 1.57 bits per heavy atom. The molecule has 0 unspecified atom stereocenters. The second-order valence-corrected chi connectivity index (χ2v) is 5.73. The lowest BCUT2D eigenvalue weighted by atomic mass is 9.99. The van der Waals surface area contributed by atoms with Crippen LogP contribution in [0.25, 0.3) is 0 Å².